The molecule has 0 unspecified atom stereocenters. The number of hydrogen-bond acceptors (Lipinski definition) is 6. The summed E-state index contributed by atoms with van der Waals surface area (Å²) in [5.41, 5.74) is 5.77. The molecule has 1 atom stereocenters. The second-order valence-corrected chi connectivity index (χ2v) is 6.46. The van der Waals surface area contributed by atoms with E-state index >= 15 is 0 Å². The van der Waals surface area contributed by atoms with E-state index in [1.165, 1.54) is 25.3 Å². The third-order valence-corrected chi connectivity index (χ3v) is 5.06. The zero-order valence-corrected chi connectivity index (χ0v) is 11.8. The van der Waals surface area contributed by atoms with E-state index in [1.54, 1.807) is 0 Å². The highest BCUT2D eigenvalue weighted by Crippen LogP contribution is 2.26. The van der Waals surface area contributed by atoms with E-state index in [4.69, 9.17) is 5.73 Å². The van der Waals surface area contributed by atoms with Crippen molar-refractivity contribution in [3.05, 3.63) is 23.8 Å². The summed E-state index contributed by atoms with van der Waals surface area (Å²) in [5, 5.41) is 9.47. The van der Waals surface area contributed by atoms with Crippen molar-refractivity contribution < 1.29 is 23.1 Å². The van der Waals surface area contributed by atoms with Crippen LogP contribution in [0.5, 0.6) is 0 Å². The number of carbonyl (C=O) groups excluding carboxylic acids is 1. The van der Waals surface area contributed by atoms with Crippen LogP contribution in [0.4, 0.5) is 5.69 Å². The largest absolute Gasteiger partial charge is 0.465 e. The van der Waals surface area contributed by atoms with Gasteiger partial charge in [-0.05, 0) is 24.6 Å². The Morgan fingerprint density at radius 1 is 1.50 bits per heavy atom. The van der Waals surface area contributed by atoms with Crippen LogP contribution in [0.3, 0.4) is 0 Å². The Bertz CT molecular complexity index is 629. The van der Waals surface area contributed by atoms with Gasteiger partial charge in [0.1, 0.15) is 0 Å². The first kappa shape index (κ1) is 14.8. The molecule has 8 heteroatoms. The Balaban J connectivity index is 2.50. The van der Waals surface area contributed by atoms with Crippen LogP contribution >= 0.6 is 0 Å². The van der Waals surface area contributed by atoms with Crippen LogP contribution in [0, 0.1) is 0 Å². The van der Waals surface area contributed by atoms with Crippen LogP contribution in [0.15, 0.2) is 23.1 Å². The standard InChI is InChI=1S/C12H16N2O5S/c1-19-12(16)10-3-2-8(13)6-11(10)20(17,18)14-5-4-9(15)7-14/h2-3,6,9,15H,4-5,7,13H2,1H3/t9-/m1/s1. The van der Waals surface area contributed by atoms with Crippen molar-refractivity contribution in [3.63, 3.8) is 0 Å². The summed E-state index contributed by atoms with van der Waals surface area (Å²) in [6.45, 7) is 0.219. The van der Waals surface area contributed by atoms with Crippen molar-refractivity contribution in [2.24, 2.45) is 0 Å². The highest BCUT2D eigenvalue weighted by atomic mass is 32.2. The fourth-order valence-corrected chi connectivity index (χ4v) is 3.81. The molecule has 0 spiro atoms. The highest BCUT2D eigenvalue weighted by molar-refractivity contribution is 7.89. The number of aliphatic hydroxyl groups excluding tert-OH is 1. The summed E-state index contributed by atoms with van der Waals surface area (Å²) in [4.78, 5) is 11.5. The molecule has 1 fully saturated rings. The van der Waals surface area contributed by atoms with Crippen LogP contribution in [0.1, 0.15) is 16.8 Å². The first-order valence-electron chi connectivity index (χ1n) is 6.02. The maximum Gasteiger partial charge on any atom is 0.339 e. The molecular formula is C12H16N2O5S. The monoisotopic (exact) mass is 300 g/mol. The fraction of sp³-hybridized carbons (Fsp3) is 0.417. The lowest BCUT2D eigenvalue weighted by atomic mass is 10.2. The van der Waals surface area contributed by atoms with Gasteiger partial charge in [-0.3, -0.25) is 0 Å². The molecule has 110 valence electrons. The normalized spacial score (nSPS) is 20.0. The van der Waals surface area contributed by atoms with Crippen LogP contribution < -0.4 is 5.73 Å². The number of β-amino-alcohol motifs (C(OH)–C–C–N with tert-alkyl or cyclic N) is 1. The summed E-state index contributed by atoms with van der Waals surface area (Å²) >= 11 is 0. The predicted octanol–water partition coefficient (Wildman–Crippen LogP) is -0.189. The molecule has 20 heavy (non-hydrogen) atoms. The number of rotatable bonds is 3. The number of benzene rings is 1. The van der Waals surface area contributed by atoms with Crippen LogP contribution in [-0.2, 0) is 14.8 Å². The summed E-state index contributed by atoms with van der Waals surface area (Å²) in [6.07, 6.45) is -0.317. The average molecular weight is 300 g/mol. The Morgan fingerprint density at radius 2 is 2.20 bits per heavy atom. The summed E-state index contributed by atoms with van der Waals surface area (Å²) in [7, 11) is -2.71. The molecule has 1 aliphatic heterocycles. The number of aliphatic hydroxyl groups is 1. The Labute approximate surface area is 117 Å². The van der Waals surface area contributed by atoms with Gasteiger partial charge in [0.25, 0.3) is 0 Å². The molecule has 7 nitrogen and oxygen atoms in total. The molecule has 0 bridgehead atoms. The molecule has 2 rings (SSSR count). The molecule has 1 heterocycles. The van der Waals surface area contributed by atoms with Crippen molar-refractivity contribution in [2.45, 2.75) is 17.4 Å². The number of ether oxygens (including phenoxy) is 1. The first-order chi connectivity index (χ1) is 9.36. The lowest BCUT2D eigenvalue weighted by Crippen LogP contribution is -2.31. The highest BCUT2D eigenvalue weighted by Gasteiger charge is 2.34. The third-order valence-electron chi connectivity index (χ3n) is 3.15. The van der Waals surface area contributed by atoms with Gasteiger partial charge in [0.15, 0.2) is 0 Å². The number of hydrogen-bond donors (Lipinski definition) is 2. The Kier molecular flexibility index (Phi) is 3.98. The molecule has 0 radical (unpaired) electrons. The van der Waals surface area contributed by atoms with Crippen molar-refractivity contribution in [3.8, 4) is 0 Å². The van der Waals surface area contributed by atoms with E-state index in [0.717, 1.165) is 4.31 Å². The Morgan fingerprint density at radius 3 is 2.75 bits per heavy atom. The molecule has 1 aromatic carbocycles. The fourth-order valence-electron chi connectivity index (χ4n) is 2.10. The smallest absolute Gasteiger partial charge is 0.339 e. The van der Waals surface area contributed by atoms with Crippen molar-refractivity contribution in [2.75, 3.05) is 25.9 Å². The number of sulfonamides is 1. The lowest BCUT2D eigenvalue weighted by molar-refractivity contribution is 0.0596. The number of esters is 1. The number of nitrogens with two attached hydrogens (primary N) is 1. The molecule has 0 aromatic heterocycles. The quantitative estimate of drug-likeness (QED) is 0.591. The molecule has 3 N–H and O–H groups in total. The summed E-state index contributed by atoms with van der Waals surface area (Å²) < 4.78 is 30.8. The SMILES string of the molecule is COC(=O)c1ccc(N)cc1S(=O)(=O)N1CC[C@@H](O)C1. The minimum Gasteiger partial charge on any atom is -0.465 e. The van der Waals surface area contributed by atoms with Crippen molar-refractivity contribution in [1.29, 1.82) is 0 Å². The number of nitrogens with zero attached hydrogens (tertiary/aromatic N) is 1. The van der Waals surface area contributed by atoms with E-state index in [1.807, 2.05) is 0 Å². The van der Waals surface area contributed by atoms with Gasteiger partial charge in [-0.1, -0.05) is 0 Å². The van der Waals surface area contributed by atoms with Gasteiger partial charge in [0.05, 0.1) is 23.7 Å². The van der Waals surface area contributed by atoms with Gasteiger partial charge in [-0.15, -0.1) is 0 Å². The van der Waals surface area contributed by atoms with E-state index in [9.17, 15) is 18.3 Å². The zero-order valence-electron chi connectivity index (χ0n) is 10.9. The molecule has 0 aliphatic carbocycles. The molecule has 1 aliphatic rings. The van der Waals surface area contributed by atoms with E-state index in [2.05, 4.69) is 4.74 Å². The van der Waals surface area contributed by atoms with E-state index in [0.29, 0.717) is 6.42 Å². The number of carbonyl (C=O) groups is 1. The van der Waals surface area contributed by atoms with Gasteiger partial charge in [-0.25, -0.2) is 13.2 Å². The topological polar surface area (TPSA) is 110 Å². The van der Waals surface area contributed by atoms with Crippen LogP contribution in [-0.4, -0.2) is 50.1 Å². The van der Waals surface area contributed by atoms with Crippen LogP contribution in [0.2, 0.25) is 0 Å². The van der Waals surface area contributed by atoms with Crippen molar-refractivity contribution >= 4 is 21.7 Å². The first-order valence-corrected chi connectivity index (χ1v) is 7.46. The number of methoxy groups -OCH3 is 1. The maximum absolute atomic E-state index is 12.5. The van der Waals surface area contributed by atoms with Crippen LogP contribution in [0.25, 0.3) is 0 Å². The average Bonchev–Trinajstić information content (AvgIpc) is 2.85. The maximum atomic E-state index is 12.5. The molecule has 0 saturated carbocycles. The number of anilines is 1. The van der Waals surface area contributed by atoms with Gasteiger partial charge in [-0.2, -0.15) is 4.31 Å². The van der Waals surface area contributed by atoms with Gasteiger partial charge < -0.3 is 15.6 Å². The van der Waals surface area contributed by atoms with Gasteiger partial charge in [0.2, 0.25) is 10.0 Å². The minimum atomic E-state index is -3.89. The second kappa shape index (κ2) is 5.39. The van der Waals surface area contributed by atoms with Crippen molar-refractivity contribution in [1.82, 2.24) is 4.31 Å². The summed E-state index contributed by atoms with van der Waals surface area (Å²) in [6, 6.07) is 3.98. The van der Waals surface area contributed by atoms with Gasteiger partial charge >= 0.3 is 5.97 Å². The Hall–Kier alpha value is -1.64. The molecule has 1 saturated heterocycles. The number of nitrogen functional groups attached to an aromatic ring is 1. The molecule has 0 amide bonds. The molecular weight excluding hydrogens is 284 g/mol. The van der Waals surface area contributed by atoms with Gasteiger partial charge in [0, 0.05) is 18.8 Å². The molecule has 1 aromatic rings. The second-order valence-electron chi connectivity index (χ2n) is 4.55. The predicted molar refractivity (Wildman–Crippen MR) is 71.6 cm³/mol. The summed E-state index contributed by atoms with van der Waals surface area (Å²) in [5.74, 6) is -0.747. The zero-order chi connectivity index (χ0) is 14.9. The van der Waals surface area contributed by atoms with E-state index < -0.39 is 22.1 Å². The lowest BCUT2D eigenvalue weighted by Gasteiger charge is -2.18. The van der Waals surface area contributed by atoms with E-state index in [-0.39, 0.29) is 29.2 Å². The minimum absolute atomic E-state index is 0.0117. The third kappa shape index (κ3) is 2.62.